The zero-order chi connectivity index (χ0) is 14.1. The summed E-state index contributed by atoms with van der Waals surface area (Å²) < 4.78 is 16.5. The van der Waals surface area contributed by atoms with E-state index in [1.54, 1.807) is 0 Å². The van der Waals surface area contributed by atoms with Crippen LogP contribution in [0.15, 0.2) is 0 Å². The van der Waals surface area contributed by atoms with E-state index < -0.39 is 6.10 Å². The summed E-state index contributed by atoms with van der Waals surface area (Å²) in [7, 11) is 0. The Kier molecular flexibility index (Phi) is 7.87. The second-order valence-corrected chi connectivity index (χ2v) is 5.65. The average Bonchev–Trinajstić information content (AvgIpc) is 2.81. The first-order valence-electron chi connectivity index (χ1n) is 7.25. The molecule has 0 aliphatic carbocycles. The number of nitrogens with one attached hydrogen (secondary N) is 1. The highest BCUT2D eigenvalue weighted by Crippen LogP contribution is 2.12. The van der Waals surface area contributed by atoms with Crippen molar-refractivity contribution in [1.29, 1.82) is 0 Å². The maximum absolute atomic E-state index is 9.78. The topological polar surface area (TPSA) is 60.0 Å². The van der Waals surface area contributed by atoms with Crippen molar-refractivity contribution in [3.05, 3.63) is 0 Å². The molecule has 114 valence electrons. The molecule has 1 fully saturated rings. The summed E-state index contributed by atoms with van der Waals surface area (Å²) in [6.45, 7) is 9.74. The van der Waals surface area contributed by atoms with Crippen LogP contribution in [0.1, 0.15) is 33.6 Å². The van der Waals surface area contributed by atoms with Gasteiger partial charge in [0.2, 0.25) is 0 Å². The van der Waals surface area contributed by atoms with Gasteiger partial charge in [-0.1, -0.05) is 0 Å². The maximum atomic E-state index is 9.78. The zero-order valence-electron chi connectivity index (χ0n) is 12.5. The monoisotopic (exact) mass is 275 g/mol. The standard InChI is InChI=1S/C14H29NO4/c1-4-19-14(2,3)11-15-8-12(16)9-17-10-13-6-5-7-18-13/h12-13,15-16H,4-11H2,1-3H3. The summed E-state index contributed by atoms with van der Waals surface area (Å²) >= 11 is 0. The predicted octanol–water partition coefficient (Wildman–Crippen LogP) is 0.948. The molecule has 0 spiro atoms. The first kappa shape index (κ1) is 16.9. The van der Waals surface area contributed by atoms with Gasteiger partial charge in [0, 0.05) is 26.3 Å². The number of aliphatic hydroxyl groups is 1. The third-order valence-corrected chi connectivity index (χ3v) is 3.10. The molecule has 0 aromatic rings. The van der Waals surface area contributed by atoms with Gasteiger partial charge in [-0.2, -0.15) is 0 Å². The molecule has 2 unspecified atom stereocenters. The summed E-state index contributed by atoms with van der Waals surface area (Å²) in [6.07, 6.45) is 1.91. The molecule has 1 aliphatic heterocycles. The van der Waals surface area contributed by atoms with Crippen molar-refractivity contribution in [2.45, 2.75) is 51.4 Å². The molecule has 1 aliphatic rings. The Bertz CT molecular complexity index is 229. The molecule has 1 rings (SSSR count). The SMILES string of the molecule is CCOC(C)(C)CNCC(O)COCC1CCCO1. The Hall–Kier alpha value is -0.200. The van der Waals surface area contributed by atoms with Crippen LogP contribution in [0.3, 0.4) is 0 Å². The molecule has 5 nitrogen and oxygen atoms in total. The minimum Gasteiger partial charge on any atom is -0.389 e. The number of hydrogen-bond donors (Lipinski definition) is 2. The Morgan fingerprint density at radius 3 is 2.89 bits per heavy atom. The van der Waals surface area contributed by atoms with Crippen LogP contribution in [0.5, 0.6) is 0 Å². The van der Waals surface area contributed by atoms with Crippen molar-refractivity contribution in [2.75, 3.05) is 39.5 Å². The Morgan fingerprint density at radius 2 is 2.26 bits per heavy atom. The van der Waals surface area contributed by atoms with E-state index in [0.29, 0.717) is 32.9 Å². The smallest absolute Gasteiger partial charge is 0.0897 e. The Balaban J connectivity index is 1.99. The maximum Gasteiger partial charge on any atom is 0.0897 e. The van der Waals surface area contributed by atoms with Gasteiger partial charge in [-0.3, -0.25) is 0 Å². The van der Waals surface area contributed by atoms with Gasteiger partial charge in [0.05, 0.1) is 31.0 Å². The fourth-order valence-electron chi connectivity index (χ4n) is 2.15. The van der Waals surface area contributed by atoms with Crippen LogP contribution in [0.25, 0.3) is 0 Å². The van der Waals surface area contributed by atoms with Crippen LogP contribution in [0, 0.1) is 0 Å². The van der Waals surface area contributed by atoms with Gasteiger partial charge in [0.25, 0.3) is 0 Å². The van der Waals surface area contributed by atoms with Gasteiger partial charge < -0.3 is 24.6 Å². The highest BCUT2D eigenvalue weighted by Gasteiger charge is 2.18. The quantitative estimate of drug-likeness (QED) is 0.621. The molecule has 1 heterocycles. The first-order valence-corrected chi connectivity index (χ1v) is 7.25. The van der Waals surface area contributed by atoms with Crippen molar-refractivity contribution < 1.29 is 19.3 Å². The van der Waals surface area contributed by atoms with Crippen LogP contribution in [-0.4, -0.2) is 62.4 Å². The summed E-state index contributed by atoms with van der Waals surface area (Å²) in [5, 5.41) is 13.0. The van der Waals surface area contributed by atoms with E-state index in [1.807, 2.05) is 20.8 Å². The molecule has 0 radical (unpaired) electrons. The van der Waals surface area contributed by atoms with Crippen LogP contribution < -0.4 is 5.32 Å². The molecular formula is C14H29NO4. The minimum atomic E-state index is -0.487. The van der Waals surface area contributed by atoms with E-state index in [-0.39, 0.29) is 11.7 Å². The minimum absolute atomic E-state index is 0.201. The van der Waals surface area contributed by atoms with E-state index in [2.05, 4.69) is 5.32 Å². The van der Waals surface area contributed by atoms with Crippen LogP contribution in [0.4, 0.5) is 0 Å². The molecule has 2 atom stereocenters. The summed E-state index contributed by atoms with van der Waals surface area (Å²) in [6, 6.07) is 0. The van der Waals surface area contributed by atoms with Crippen molar-refractivity contribution in [3.63, 3.8) is 0 Å². The molecule has 2 N–H and O–H groups in total. The van der Waals surface area contributed by atoms with Crippen molar-refractivity contribution in [3.8, 4) is 0 Å². The molecule has 19 heavy (non-hydrogen) atoms. The lowest BCUT2D eigenvalue weighted by molar-refractivity contribution is -0.0243. The Morgan fingerprint density at radius 1 is 1.47 bits per heavy atom. The van der Waals surface area contributed by atoms with E-state index >= 15 is 0 Å². The van der Waals surface area contributed by atoms with Gasteiger partial charge in [0.1, 0.15) is 0 Å². The molecule has 5 heteroatoms. The summed E-state index contributed by atoms with van der Waals surface area (Å²) in [5.74, 6) is 0. The second-order valence-electron chi connectivity index (χ2n) is 5.65. The number of ether oxygens (including phenoxy) is 3. The lowest BCUT2D eigenvalue weighted by Crippen LogP contribution is -2.41. The highest BCUT2D eigenvalue weighted by molar-refractivity contribution is 4.73. The summed E-state index contributed by atoms with van der Waals surface area (Å²) in [4.78, 5) is 0. The average molecular weight is 275 g/mol. The predicted molar refractivity (Wildman–Crippen MR) is 74.4 cm³/mol. The van der Waals surface area contributed by atoms with E-state index in [0.717, 1.165) is 19.4 Å². The van der Waals surface area contributed by atoms with Gasteiger partial charge in [-0.05, 0) is 33.6 Å². The fraction of sp³-hybridized carbons (Fsp3) is 1.00. The lowest BCUT2D eigenvalue weighted by atomic mass is 10.1. The first-order chi connectivity index (χ1) is 9.03. The van der Waals surface area contributed by atoms with E-state index in [9.17, 15) is 5.11 Å². The highest BCUT2D eigenvalue weighted by atomic mass is 16.5. The molecule has 0 bridgehead atoms. The summed E-state index contributed by atoms with van der Waals surface area (Å²) in [5.41, 5.74) is -0.201. The molecule has 0 aromatic heterocycles. The third-order valence-electron chi connectivity index (χ3n) is 3.10. The molecular weight excluding hydrogens is 246 g/mol. The molecule has 0 aromatic carbocycles. The van der Waals surface area contributed by atoms with Crippen LogP contribution >= 0.6 is 0 Å². The van der Waals surface area contributed by atoms with E-state index in [1.165, 1.54) is 0 Å². The molecule has 0 amide bonds. The molecule has 1 saturated heterocycles. The van der Waals surface area contributed by atoms with Crippen LogP contribution in [0.2, 0.25) is 0 Å². The number of aliphatic hydroxyl groups excluding tert-OH is 1. The molecule has 0 saturated carbocycles. The van der Waals surface area contributed by atoms with Gasteiger partial charge in [0.15, 0.2) is 0 Å². The second kappa shape index (κ2) is 8.87. The Labute approximate surface area is 116 Å². The number of rotatable bonds is 10. The van der Waals surface area contributed by atoms with Crippen molar-refractivity contribution >= 4 is 0 Å². The van der Waals surface area contributed by atoms with Crippen molar-refractivity contribution in [2.24, 2.45) is 0 Å². The fourth-order valence-corrected chi connectivity index (χ4v) is 2.15. The zero-order valence-corrected chi connectivity index (χ0v) is 12.5. The largest absolute Gasteiger partial charge is 0.389 e. The van der Waals surface area contributed by atoms with Crippen LogP contribution in [-0.2, 0) is 14.2 Å². The number of hydrogen-bond acceptors (Lipinski definition) is 5. The van der Waals surface area contributed by atoms with Gasteiger partial charge in [-0.15, -0.1) is 0 Å². The van der Waals surface area contributed by atoms with Gasteiger partial charge in [-0.25, -0.2) is 0 Å². The van der Waals surface area contributed by atoms with E-state index in [4.69, 9.17) is 14.2 Å². The normalized spacial score (nSPS) is 21.8. The third kappa shape index (κ3) is 7.84. The van der Waals surface area contributed by atoms with Gasteiger partial charge >= 0.3 is 0 Å². The van der Waals surface area contributed by atoms with Crippen molar-refractivity contribution in [1.82, 2.24) is 5.32 Å². The lowest BCUT2D eigenvalue weighted by Gasteiger charge is -2.25.